The molecule has 0 spiro atoms. The van der Waals surface area contributed by atoms with E-state index in [1.165, 1.54) is 11.7 Å². The van der Waals surface area contributed by atoms with Gasteiger partial charge in [-0.25, -0.2) is 9.97 Å². The Morgan fingerprint density at radius 2 is 1.22 bits per heavy atom. The van der Waals surface area contributed by atoms with Gasteiger partial charge in [-0.15, -0.1) is 0 Å². The molecule has 6 rings (SSSR count). The van der Waals surface area contributed by atoms with Gasteiger partial charge in [0, 0.05) is 45.4 Å². The maximum Gasteiger partial charge on any atom is 0.121 e. The van der Waals surface area contributed by atoms with Crippen LogP contribution in [0.4, 0.5) is 0 Å². The number of ether oxygens (including phenoxy) is 2. The average molecular weight is 374 g/mol. The number of nitrogens with zero attached hydrogens (tertiary/aromatic N) is 2. The van der Waals surface area contributed by atoms with E-state index in [1.54, 1.807) is 14.2 Å². The zero-order chi connectivity index (χ0) is 18.1. The summed E-state index contributed by atoms with van der Waals surface area (Å²) in [6, 6.07) is 12.0. The quantitative estimate of drug-likeness (QED) is 0.448. The van der Waals surface area contributed by atoms with E-state index in [1.807, 2.05) is 24.3 Å². The molecule has 3 aromatic heterocycles. The summed E-state index contributed by atoms with van der Waals surface area (Å²) in [5, 5.41) is 4.35. The van der Waals surface area contributed by atoms with Crippen molar-refractivity contribution in [2.24, 2.45) is 0 Å². The summed E-state index contributed by atoms with van der Waals surface area (Å²) in [6.07, 6.45) is 0. The van der Waals surface area contributed by atoms with Gasteiger partial charge in [0.15, 0.2) is 0 Å². The third kappa shape index (κ3) is 1.84. The largest absolute Gasteiger partial charge is 0.497 e. The van der Waals surface area contributed by atoms with Crippen LogP contribution in [0.25, 0.3) is 54.6 Å². The van der Waals surface area contributed by atoms with Gasteiger partial charge in [0.1, 0.15) is 22.5 Å². The molecule has 0 saturated heterocycles. The molecule has 0 aliphatic rings. The number of aromatic amines is 2. The minimum Gasteiger partial charge on any atom is -0.497 e. The number of nitrogens with one attached hydrogen (secondary N) is 2. The number of benzene rings is 3. The SMILES string of the molecule is COc1ccc2c(c1)nc1c3nc4cc(OC)ccc4c3c3[nH]s[nH]c3c21. The Labute approximate surface area is 157 Å². The highest BCUT2D eigenvalue weighted by Gasteiger charge is 2.20. The molecule has 0 amide bonds. The standard InChI is InChI=1S/C20H14N4O2S/c1-25-9-3-5-11-13(7-9)21-17-15(11)19-20(24-27-23-19)16-12-6-4-10(26-2)8-14(12)22-18(16)17/h3-8,23-24H,1-2H3. The third-order valence-electron chi connectivity index (χ3n) is 5.17. The van der Waals surface area contributed by atoms with Crippen LogP contribution in [0.15, 0.2) is 36.4 Å². The molecular formula is C20H14N4O2S. The van der Waals surface area contributed by atoms with Crippen LogP contribution in [-0.4, -0.2) is 32.9 Å². The van der Waals surface area contributed by atoms with Gasteiger partial charge in [-0.3, -0.25) is 8.75 Å². The van der Waals surface area contributed by atoms with Crippen LogP contribution in [0.3, 0.4) is 0 Å². The second-order valence-electron chi connectivity index (χ2n) is 6.49. The van der Waals surface area contributed by atoms with Gasteiger partial charge in [-0.2, -0.15) is 0 Å². The van der Waals surface area contributed by atoms with Crippen LogP contribution in [-0.2, 0) is 0 Å². The highest BCUT2D eigenvalue weighted by Crippen LogP contribution is 2.41. The molecule has 0 aliphatic heterocycles. The smallest absolute Gasteiger partial charge is 0.121 e. The highest BCUT2D eigenvalue weighted by molar-refractivity contribution is 7.00. The van der Waals surface area contributed by atoms with E-state index in [0.29, 0.717) is 0 Å². The Morgan fingerprint density at radius 1 is 0.741 bits per heavy atom. The number of hydrogen-bond donors (Lipinski definition) is 2. The molecule has 2 N–H and O–H groups in total. The Balaban J connectivity index is 1.89. The van der Waals surface area contributed by atoms with Crippen molar-refractivity contribution in [1.29, 1.82) is 0 Å². The van der Waals surface area contributed by atoms with Crippen molar-refractivity contribution in [2.75, 3.05) is 14.2 Å². The number of hydrogen-bond acceptors (Lipinski definition) is 5. The summed E-state index contributed by atoms with van der Waals surface area (Å²) in [4.78, 5) is 9.83. The van der Waals surface area contributed by atoms with E-state index < -0.39 is 0 Å². The topological polar surface area (TPSA) is 75.8 Å². The fraction of sp³-hybridized carbons (Fsp3) is 0.100. The molecule has 0 saturated carbocycles. The molecule has 0 fully saturated rings. The summed E-state index contributed by atoms with van der Waals surface area (Å²) in [5.41, 5.74) is 5.73. The maximum atomic E-state index is 5.37. The lowest BCUT2D eigenvalue weighted by Gasteiger charge is -2.00. The Kier molecular flexibility index (Phi) is 2.80. The Hall–Kier alpha value is -3.32. The van der Waals surface area contributed by atoms with Crippen molar-refractivity contribution < 1.29 is 9.47 Å². The molecule has 7 heteroatoms. The molecule has 3 heterocycles. The molecule has 0 bridgehead atoms. The van der Waals surface area contributed by atoms with Crippen molar-refractivity contribution >= 4 is 66.4 Å². The number of rotatable bonds is 2. The minimum absolute atomic E-state index is 0.795. The van der Waals surface area contributed by atoms with Crippen molar-refractivity contribution in [3.63, 3.8) is 0 Å². The van der Waals surface area contributed by atoms with Crippen molar-refractivity contribution in [1.82, 2.24) is 18.7 Å². The molecular weight excluding hydrogens is 360 g/mol. The molecule has 0 aliphatic carbocycles. The van der Waals surface area contributed by atoms with Gasteiger partial charge in [-0.1, -0.05) is 0 Å². The number of methoxy groups -OCH3 is 2. The van der Waals surface area contributed by atoms with Crippen LogP contribution in [0.2, 0.25) is 0 Å². The van der Waals surface area contributed by atoms with E-state index in [2.05, 4.69) is 20.9 Å². The zero-order valence-corrected chi connectivity index (χ0v) is 15.4. The molecule has 27 heavy (non-hydrogen) atoms. The van der Waals surface area contributed by atoms with E-state index >= 15 is 0 Å². The molecule has 6 aromatic rings. The van der Waals surface area contributed by atoms with Crippen LogP contribution in [0.5, 0.6) is 11.5 Å². The lowest BCUT2D eigenvalue weighted by Crippen LogP contribution is -1.81. The minimum atomic E-state index is 0.795. The fourth-order valence-electron chi connectivity index (χ4n) is 3.92. The van der Waals surface area contributed by atoms with Crippen LogP contribution >= 0.6 is 11.7 Å². The third-order valence-corrected chi connectivity index (χ3v) is 5.78. The summed E-state index contributed by atoms with van der Waals surface area (Å²) in [6.45, 7) is 0. The zero-order valence-electron chi connectivity index (χ0n) is 14.6. The van der Waals surface area contributed by atoms with Crippen molar-refractivity contribution in [3.05, 3.63) is 36.4 Å². The Morgan fingerprint density at radius 3 is 1.67 bits per heavy atom. The van der Waals surface area contributed by atoms with Gasteiger partial charge in [0.25, 0.3) is 0 Å². The lowest BCUT2D eigenvalue weighted by atomic mass is 10.1. The van der Waals surface area contributed by atoms with Gasteiger partial charge in [0.2, 0.25) is 0 Å². The lowest BCUT2D eigenvalue weighted by molar-refractivity contribution is 0.415. The first kappa shape index (κ1) is 14.8. The Bertz CT molecular complexity index is 1400. The van der Waals surface area contributed by atoms with E-state index in [-0.39, 0.29) is 0 Å². The highest BCUT2D eigenvalue weighted by atomic mass is 32.1. The average Bonchev–Trinajstić information content (AvgIpc) is 3.40. The first-order chi connectivity index (χ1) is 13.3. The first-order valence-electron chi connectivity index (χ1n) is 8.50. The van der Waals surface area contributed by atoms with E-state index in [4.69, 9.17) is 19.4 Å². The van der Waals surface area contributed by atoms with E-state index in [9.17, 15) is 0 Å². The summed E-state index contributed by atoms with van der Waals surface area (Å²) in [5.74, 6) is 1.59. The van der Waals surface area contributed by atoms with Gasteiger partial charge >= 0.3 is 0 Å². The number of H-pyrrole nitrogens is 2. The summed E-state index contributed by atoms with van der Waals surface area (Å²) >= 11 is 1.47. The monoisotopic (exact) mass is 374 g/mol. The molecule has 3 aromatic carbocycles. The molecule has 0 radical (unpaired) electrons. The second kappa shape index (κ2) is 5.11. The molecule has 6 nitrogen and oxygen atoms in total. The van der Waals surface area contributed by atoms with Gasteiger partial charge in [-0.05, 0) is 24.3 Å². The molecule has 0 atom stereocenters. The fourth-order valence-corrected chi connectivity index (χ4v) is 4.59. The van der Waals surface area contributed by atoms with Crippen LogP contribution in [0.1, 0.15) is 0 Å². The van der Waals surface area contributed by atoms with Crippen molar-refractivity contribution in [3.8, 4) is 11.5 Å². The van der Waals surface area contributed by atoms with Gasteiger partial charge < -0.3 is 9.47 Å². The predicted molar refractivity (Wildman–Crippen MR) is 109 cm³/mol. The summed E-state index contributed by atoms with van der Waals surface area (Å²) < 4.78 is 17.5. The molecule has 132 valence electrons. The summed E-state index contributed by atoms with van der Waals surface area (Å²) in [7, 11) is 3.33. The van der Waals surface area contributed by atoms with E-state index in [0.717, 1.165) is 66.1 Å². The molecule has 0 unspecified atom stereocenters. The number of fused-ring (bicyclic) bond motifs is 10. The van der Waals surface area contributed by atoms with Gasteiger partial charge in [0.05, 0.1) is 36.3 Å². The first-order valence-corrected chi connectivity index (χ1v) is 9.32. The van der Waals surface area contributed by atoms with Crippen LogP contribution < -0.4 is 9.47 Å². The second-order valence-corrected chi connectivity index (χ2v) is 7.11. The normalized spacial score (nSPS) is 12.1. The van der Waals surface area contributed by atoms with Crippen molar-refractivity contribution in [2.45, 2.75) is 0 Å². The van der Waals surface area contributed by atoms with Crippen LogP contribution in [0, 0.1) is 0 Å². The predicted octanol–water partition coefficient (Wildman–Crippen LogP) is 4.98. The number of aromatic nitrogens is 4. The maximum absolute atomic E-state index is 5.37.